The van der Waals surface area contributed by atoms with Crippen molar-refractivity contribution in [2.45, 2.75) is 26.2 Å². The zero-order valence-electron chi connectivity index (χ0n) is 7.88. The van der Waals surface area contributed by atoms with E-state index in [2.05, 4.69) is 11.9 Å². The van der Waals surface area contributed by atoms with Crippen molar-refractivity contribution in [1.29, 1.82) is 0 Å². The summed E-state index contributed by atoms with van der Waals surface area (Å²) in [5.74, 6) is -0.335. The standard InChI is InChI=1S/C10H15NO2/c1-3-11-10(13)9(12)7(2)6-8-4-5-8/h3,7-8H,1,4-6H2,2H3,(H,11,13). The van der Waals surface area contributed by atoms with E-state index < -0.39 is 5.91 Å². The van der Waals surface area contributed by atoms with E-state index >= 15 is 0 Å². The molecule has 1 N–H and O–H groups in total. The molecule has 0 aromatic heterocycles. The van der Waals surface area contributed by atoms with Crippen molar-refractivity contribution in [1.82, 2.24) is 5.32 Å². The average molecular weight is 181 g/mol. The molecule has 0 heterocycles. The fraction of sp³-hybridized carbons (Fsp3) is 0.600. The zero-order chi connectivity index (χ0) is 9.84. The summed E-state index contributed by atoms with van der Waals surface area (Å²) >= 11 is 0. The van der Waals surface area contributed by atoms with Crippen LogP contribution in [-0.4, -0.2) is 11.7 Å². The van der Waals surface area contributed by atoms with E-state index in [9.17, 15) is 9.59 Å². The van der Waals surface area contributed by atoms with Crippen LogP contribution in [0.4, 0.5) is 0 Å². The Labute approximate surface area is 78.2 Å². The van der Waals surface area contributed by atoms with Gasteiger partial charge in [-0.25, -0.2) is 0 Å². The lowest BCUT2D eigenvalue weighted by molar-refractivity contribution is -0.139. The molecule has 0 radical (unpaired) electrons. The molecule has 1 aliphatic rings. The summed E-state index contributed by atoms with van der Waals surface area (Å²) < 4.78 is 0. The summed E-state index contributed by atoms with van der Waals surface area (Å²) in [6, 6.07) is 0. The van der Waals surface area contributed by atoms with Gasteiger partial charge in [-0.05, 0) is 18.5 Å². The van der Waals surface area contributed by atoms with Crippen LogP contribution in [0.5, 0.6) is 0 Å². The van der Waals surface area contributed by atoms with Gasteiger partial charge in [-0.2, -0.15) is 0 Å². The Kier molecular flexibility index (Phi) is 3.23. The van der Waals surface area contributed by atoms with Crippen LogP contribution in [-0.2, 0) is 9.59 Å². The second-order valence-electron chi connectivity index (χ2n) is 3.62. The van der Waals surface area contributed by atoms with Gasteiger partial charge in [0.25, 0.3) is 5.91 Å². The van der Waals surface area contributed by atoms with Crippen molar-refractivity contribution in [2.75, 3.05) is 0 Å². The molecule has 1 rings (SSSR count). The van der Waals surface area contributed by atoms with Crippen molar-refractivity contribution in [3.05, 3.63) is 12.8 Å². The van der Waals surface area contributed by atoms with Gasteiger partial charge in [0.1, 0.15) is 0 Å². The number of carbonyl (C=O) groups excluding carboxylic acids is 2. The third-order valence-electron chi connectivity index (χ3n) is 2.29. The van der Waals surface area contributed by atoms with E-state index in [1.54, 1.807) is 0 Å². The monoisotopic (exact) mass is 181 g/mol. The van der Waals surface area contributed by atoms with E-state index in [1.807, 2.05) is 6.92 Å². The molecule has 0 spiro atoms. The molecule has 3 heteroatoms. The lowest BCUT2D eigenvalue weighted by Gasteiger charge is -2.07. The molecule has 0 aromatic carbocycles. The summed E-state index contributed by atoms with van der Waals surface area (Å²) in [6.45, 7) is 5.14. The minimum atomic E-state index is -0.539. The highest BCUT2D eigenvalue weighted by atomic mass is 16.2. The largest absolute Gasteiger partial charge is 0.327 e. The Morgan fingerprint density at radius 3 is 2.69 bits per heavy atom. The number of rotatable bonds is 5. The molecule has 1 fully saturated rings. The molecule has 1 saturated carbocycles. The van der Waals surface area contributed by atoms with Crippen LogP contribution in [0.1, 0.15) is 26.2 Å². The topological polar surface area (TPSA) is 46.2 Å². The maximum absolute atomic E-state index is 11.3. The van der Waals surface area contributed by atoms with Crippen LogP contribution >= 0.6 is 0 Å². The van der Waals surface area contributed by atoms with Gasteiger partial charge in [0.15, 0.2) is 0 Å². The molecule has 1 aliphatic carbocycles. The molecule has 72 valence electrons. The number of hydrogen-bond donors (Lipinski definition) is 1. The molecule has 3 nitrogen and oxygen atoms in total. The highest BCUT2D eigenvalue weighted by Crippen LogP contribution is 2.35. The second kappa shape index (κ2) is 4.21. The van der Waals surface area contributed by atoms with Crippen LogP contribution in [0.15, 0.2) is 12.8 Å². The Morgan fingerprint density at radius 1 is 1.62 bits per heavy atom. The second-order valence-corrected chi connectivity index (χ2v) is 3.62. The third kappa shape index (κ3) is 3.01. The number of Topliss-reactive ketones (excluding diaryl/α,β-unsaturated/α-hetero) is 1. The number of amides is 1. The van der Waals surface area contributed by atoms with Crippen LogP contribution in [0, 0.1) is 11.8 Å². The third-order valence-corrected chi connectivity index (χ3v) is 2.29. The average Bonchev–Trinajstić information content (AvgIpc) is 2.87. The first-order chi connectivity index (χ1) is 6.15. The quantitative estimate of drug-likeness (QED) is 0.649. The van der Waals surface area contributed by atoms with Gasteiger partial charge in [0.05, 0.1) is 0 Å². The summed E-state index contributed by atoms with van der Waals surface area (Å²) in [4.78, 5) is 22.4. The minimum Gasteiger partial charge on any atom is -0.327 e. The van der Waals surface area contributed by atoms with Crippen molar-refractivity contribution in [3.8, 4) is 0 Å². The van der Waals surface area contributed by atoms with Gasteiger partial charge < -0.3 is 5.32 Å². The fourth-order valence-corrected chi connectivity index (χ4v) is 1.35. The molecule has 0 aromatic rings. The van der Waals surface area contributed by atoms with Gasteiger partial charge >= 0.3 is 0 Å². The first-order valence-corrected chi connectivity index (χ1v) is 4.60. The predicted octanol–water partition coefficient (Wildman–Crippen LogP) is 1.25. The molecule has 1 unspecified atom stereocenters. The smallest absolute Gasteiger partial charge is 0.291 e. The van der Waals surface area contributed by atoms with E-state index in [4.69, 9.17) is 0 Å². The normalized spacial score (nSPS) is 17.6. The summed E-state index contributed by atoms with van der Waals surface area (Å²) in [6.07, 6.45) is 4.51. The maximum atomic E-state index is 11.3. The van der Waals surface area contributed by atoms with Gasteiger partial charge in [-0.15, -0.1) is 0 Å². The maximum Gasteiger partial charge on any atom is 0.291 e. The van der Waals surface area contributed by atoms with Crippen molar-refractivity contribution < 1.29 is 9.59 Å². The number of ketones is 1. The number of nitrogens with one attached hydrogen (secondary N) is 1. The SMILES string of the molecule is C=CNC(=O)C(=O)C(C)CC1CC1. The van der Waals surface area contributed by atoms with E-state index in [1.165, 1.54) is 19.0 Å². The first kappa shape index (κ1) is 9.96. The number of hydrogen-bond acceptors (Lipinski definition) is 2. The number of carbonyl (C=O) groups is 2. The van der Waals surface area contributed by atoms with Crippen LogP contribution in [0.25, 0.3) is 0 Å². The van der Waals surface area contributed by atoms with Crippen LogP contribution < -0.4 is 5.32 Å². The molecule has 0 aliphatic heterocycles. The Bertz CT molecular complexity index is 231. The lowest BCUT2D eigenvalue weighted by atomic mass is 9.99. The predicted molar refractivity (Wildman–Crippen MR) is 49.9 cm³/mol. The van der Waals surface area contributed by atoms with Crippen molar-refractivity contribution in [3.63, 3.8) is 0 Å². The van der Waals surface area contributed by atoms with Gasteiger partial charge in [-0.3, -0.25) is 9.59 Å². The fourth-order valence-electron chi connectivity index (χ4n) is 1.35. The van der Waals surface area contributed by atoms with Gasteiger partial charge in [0.2, 0.25) is 5.78 Å². The minimum absolute atomic E-state index is 0.146. The van der Waals surface area contributed by atoms with E-state index in [0.717, 1.165) is 6.42 Å². The Morgan fingerprint density at radius 2 is 2.23 bits per heavy atom. The molecular formula is C10H15NO2. The zero-order valence-corrected chi connectivity index (χ0v) is 7.88. The van der Waals surface area contributed by atoms with Crippen molar-refractivity contribution >= 4 is 11.7 Å². The molecule has 1 amide bonds. The lowest BCUT2D eigenvalue weighted by Crippen LogP contribution is -2.31. The Hall–Kier alpha value is -1.12. The van der Waals surface area contributed by atoms with E-state index in [-0.39, 0.29) is 11.7 Å². The van der Waals surface area contributed by atoms with Gasteiger partial charge in [-0.1, -0.05) is 26.3 Å². The Balaban J connectivity index is 2.35. The molecule has 0 saturated heterocycles. The summed E-state index contributed by atoms with van der Waals surface area (Å²) in [5, 5.41) is 2.30. The van der Waals surface area contributed by atoms with Crippen molar-refractivity contribution in [2.24, 2.45) is 11.8 Å². The van der Waals surface area contributed by atoms with Crippen LogP contribution in [0.3, 0.4) is 0 Å². The molecular weight excluding hydrogens is 166 g/mol. The first-order valence-electron chi connectivity index (χ1n) is 4.60. The molecule has 13 heavy (non-hydrogen) atoms. The molecule has 0 bridgehead atoms. The summed E-state index contributed by atoms with van der Waals surface area (Å²) in [5.41, 5.74) is 0. The highest BCUT2D eigenvalue weighted by molar-refractivity contribution is 6.37. The molecule has 1 atom stereocenters. The van der Waals surface area contributed by atoms with Gasteiger partial charge in [0, 0.05) is 5.92 Å². The summed E-state index contributed by atoms with van der Waals surface area (Å²) in [7, 11) is 0. The van der Waals surface area contributed by atoms with Crippen LogP contribution in [0.2, 0.25) is 0 Å². The van der Waals surface area contributed by atoms with E-state index in [0.29, 0.717) is 5.92 Å². The highest BCUT2D eigenvalue weighted by Gasteiger charge is 2.28.